The summed E-state index contributed by atoms with van der Waals surface area (Å²) in [5, 5.41) is 10.6. The molecule has 3 heteroatoms. The Hall–Kier alpha value is -0.600. The molecule has 112 valence electrons. The second-order valence-corrected chi connectivity index (χ2v) is 7.85. The third-order valence-electron chi connectivity index (χ3n) is 5.03. The van der Waals surface area contributed by atoms with Gasteiger partial charge in [0.1, 0.15) is 0 Å². The zero-order valence-corrected chi connectivity index (χ0v) is 13.6. The minimum absolute atomic E-state index is 0.00669. The molecule has 2 nitrogen and oxygen atoms in total. The fourth-order valence-electron chi connectivity index (χ4n) is 3.44. The largest absolute Gasteiger partial charge is 0.396 e. The summed E-state index contributed by atoms with van der Waals surface area (Å²) < 4.78 is 0. The molecule has 0 unspecified atom stereocenters. The quantitative estimate of drug-likeness (QED) is 0.891. The average molecular weight is 296 g/mol. The highest BCUT2D eigenvalue weighted by atomic mass is 35.5. The third-order valence-corrected chi connectivity index (χ3v) is 5.37. The molecule has 0 aliphatic heterocycles. The maximum atomic E-state index is 9.92. The van der Waals surface area contributed by atoms with Gasteiger partial charge in [-0.25, -0.2) is 0 Å². The lowest BCUT2D eigenvalue weighted by molar-refractivity contribution is 0.0369. The summed E-state index contributed by atoms with van der Waals surface area (Å²) in [5.41, 5.74) is 1.49. The number of nitrogens with zero attached hydrogens (tertiary/aromatic N) is 1. The molecule has 1 N–H and O–H groups in total. The van der Waals surface area contributed by atoms with E-state index in [2.05, 4.69) is 25.8 Å². The molecule has 0 aromatic carbocycles. The van der Waals surface area contributed by atoms with Crippen LogP contribution in [0.25, 0.3) is 0 Å². The van der Waals surface area contributed by atoms with Gasteiger partial charge in [-0.15, -0.1) is 0 Å². The first-order chi connectivity index (χ1) is 9.36. The van der Waals surface area contributed by atoms with Gasteiger partial charge in [-0.1, -0.05) is 32.4 Å². The van der Waals surface area contributed by atoms with Gasteiger partial charge in [-0.2, -0.15) is 0 Å². The Labute approximate surface area is 127 Å². The summed E-state index contributed by atoms with van der Waals surface area (Å²) in [6.45, 7) is 7.22. The van der Waals surface area contributed by atoms with E-state index in [1.165, 1.54) is 12.8 Å². The minimum Gasteiger partial charge on any atom is -0.396 e. The Morgan fingerprint density at radius 2 is 2.00 bits per heavy atom. The summed E-state index contributed by atoms with van der Waals surface area (Å²) in [4.78, 5) is 4.04. The monoisotopic (exact) mass is 295 g/mol. The summed E-state index contributed by atoms with van der Waals surface area (Å²) in [5.74, 6) is 0.759. The molecule has 0 atom stereocenters. The second kappa shape index (κ2) is 6.03. The first-order valence-corrected chi connectivity index (χ1v) is 7.93. The smallest absolute Gasteiger partial charge is 0.0621 e. The molecular formula is C17H26ClNO. The van der Waals surface area contributed by atoms with Crippen molar-refractivity contribution in [3.63, 3.8) is 0 Å². The number of rotatable bonds is 3. The number of aliphatic hydroxyl groups is 1. The molecule has 1 heterocycles. The van der Waals surface area contributed by atoms with Crippen LogP contribution in [0.3, 0.4) is 0 Å². The van der Waals surface area contributed by atoms with Gasteiger partial charge in [0.2, 0.25) is 0 Å². The van der Waals surface area contributed by atoms with Crippen LogP contribution in [0.2, 0.25) is 5.02 Å². The fraction of sp³-hybridized carbons (Fsp3) is 0.706. The van der Waals surface area contributed by atoms with Gasteiger partial charge in [0.15, 0.2) is 0 Å². The van der Waals surface area contributed by atoms with Crippen LogP contribution in [-0.2, 0) is 6.42 Å². The average Bonchev–Trinajstić information content (AvgIpc) is 2.41. The highest BCUT2D eigenvalue weighted by Gasteiger charge is 2.38. The molecule has 1 aliphatic rings. The zero-order valence-electron chi connectivity index (χ0n) is 12.8. The van der Waals surface area contributed by atoms with Crippen LogP contribution in [0.15, 0.2) is 18.5 Å². The van der Waals surface area contributed by atoms with Gasteiger partial charge in [0, 0.05) is 19.0 Å². The van der Waals surface area contributed by atoms with Gasteiger partial charge >= 0.3 is 0 Å². The molecule has 1 fully saturated rings. The van der Waals surface area contributed by atoms with E-state index in [0.29, 0.717) is 5.41 Å². The maximum absolute atomic E-state index is 9.92. The summed E-state index contributed by atoms with van der Waals surface area (Å²) in [6.07, 6.45) is 8.92. The lowest BCUT2D eigenvalue weighted by atomic mass is 9.63. The van der Waals surface area contributed by atoms with Gasteiger partial charge in [-0.3, -0.25) is 4.98 Å². The summed E-state index contributed by atoms with van der Waals surface area (Å²) in [6, 6.07) is 1.98. The first-order valence-electron chi connectivity index (χ1n) is 7.56. The van der Waals surface area contributed by atoms with E-state index in [1.807, 2.05) is 6.07 Å². The summed E-state index contributed by atoms with van der Waals surface area (Å²) >= 11 is 6.22. The van der Waals surface area contributed by atoms with Gasteiger partial charge in [-0.05, 0) is 60.5 Å². The van der Waals surface area contributed by atoms with Crippen molar-refractivity contribution in [3.05, 3.63) is 29.0 Å². The molecule has 2 rings (SSSR count). The number of hydrogen-bond donors (Lipinski definition) is 1. The van der Waals surface area contributed by atoms with E-state index in [9.17, 15) is 5.11 Å². The normalized spacial score (nSPS) is 27.6. The number of aromatic nitrogens is 1. The fourth-order valence-corrected chi connectivity index (χ4v) is 3.62. The predicted molar refractivity (Wildman–Crippen MR) is 83.9 cm³/mol. The zero-order chi connectivity index (χ0) is 14.8. The molecule has 0 bridgehead atoms. The molecule has 1 saturated carbocycles. The van der Waals surface area contributed by atoms with Crippen LogP contribution in [-0.4, -0.2) is 16.7 Å². The number of hydrogen-bond acceptors (Lipinski definition) is 2. The van der Waals surface area contributed by atoms with E-state index >= 15 is 0 Å². The second-order valence-electron chi connectivity index (χ2n) is 7.44. The molecule has 1 aromatic rings. The van der Waals surface area contributed by atoms with Crippen LogP contribution >= 0.6 is 11.6 Å². The Kier molecular flexibility index (Phi) is 4.76. The van der Waals surface area contributed by atoms with Crippen molar-refractivity contribution in [2.75, 3.05) is 6.61 Å². The summed E-state index contributed by atoms with van der Waals surface area (Å²) in [7, 11) is 0. The SMILES string of the molecule is CC(C)(C)C1CCC(CO)(Cc2ccncc2Cl)CC1. The maximum Gasteiger partial charge on any atom is 0.0621 e. The lowest BCUT2D eigenvalue weighted by Crippen LogP contribution is -2.36. The van der Waals surface area contributed by atoms with Crippen molar-refractivity contribution in [1.82, 2.24) is 4.98 Å². The molecule has 1 aliphatic carbocycles. The van der Waals surface area contributed by atoms with Crippen LogP contribution in [0.1, 0.15) is 52.0 Å². The Bertz CT molecular complexity index is 445. The van der Waals surface area contributed by atoms with Crippen molar-refractivity contribution in [2.45, 2.75) is 52.9 Å². The molecule has 0 radical (unpaired) electrons. The van der Waals surface area contributed by atoms with Crippen molar-refractivity contribution < 1.29 is 5.11 Å². The third kappa shape index (κ3) is 3.53. The molecule has 0 amide bonds. The lowest BCUT2D eigenvalue weighted by Gasteiger charge is -2.43. The highest BCUT2D eigenvalue weighted by Crippen LogP contribution is 2.47. The van der Waals surface area contributed by atoms with Crippen LogP contribution in [0, 0.1) is 16.7 Å². The number of pyridine rings is 1. The Morgan fingerprint density at radius 3 is 2.50 bits per heavy atom. The van der Waals surface area contributed by atoms with Crippen LogP contribution in [0.4, 0.5) is 0 Å². The topological polar surface area (TPSA) is 33.1 Å². The Balaban J connectivity index is 2.08. The van der Waals surface area contributed by atoms with Gasteiger partial charge in [0.05, 0.1) is 5.02 Å². The van der Waals surface area contributed by atoms with E-state index < -0.39 is 0 Å². The van der Waals surface area contributed by atoms with Crippen LogP contribution < -0.4 is 0 Å². The van der Waals surface area contributed by atoms with E-state index in [4.69, 9.17) is 11.6 Å². The Morgan fingerprint density at radius 1 is 1.35 bits per heavy atom. The van der Waals surface area contributed by atoms with Crippen molar-refractivity contribution in [2.24, 2.45) is 16.7 Å². The van der Waals surface area contributed by atoms with Crippen molar-refractivity contribution in [1.29, 1.82) is 0 Å². The highest BCUT2D eigenvalue weighted by molar-refractivity contribution is 6.31. The van der Waals surface area contributed by atoms with Crippen LogP contribution in [0.5, 0.6) is 0 Å². The first kappa shape index (κ1) is 15.8. The molecule has 20 heavy (non-hydrogen) atoms. The molecular weight excluding hydrogens is 270 g/mol. The van der Waals surface area contributed by atoms with E-state index in [-0.39, 0.29) is 12.0 Å². The minimum atomic E-state index is 0.00669. The predicted octanol–water partition coefficient (Wildman–Crippen LogP) is 4.49. The van der Waals surface area contributed by atoms with E-state index in [1.54, 1.807) is 12.4 Å². The number of aliphatic hydroxyl groups excluding tert-OH is 1. The molecule has 0 spiro atoms. The van der Waals surface area contributed by atoms with E-state index in [0.717, 1.165) is 35.8 Å². The molecule has 1 aromatic heterocycles. The van der Waals surface area contributed by atoms with Crippen molar-refractivity contribution >= 4 is 11.6 Å². The number of halogens is 1. The van der Waals surface area contributed by atoms with Gasteiger partial charge < -0.3 is 5.11 Å². The van der Waals surface area contributed by atoms with Gasteiger partial charge in [0.25, 0.3) is 0 Å². The standard InChI is InChI=1S/C17H26ClNO/c1-16(2,3)14-4-7-17(12-20,8-5-14)10-13-6-9-19-11-15(13)18/h6,9,11,14,20H,4-5,7-8,10,12H2,1-3H3. The molecule has 0 saturated heterocycles. The van der Waals surface area contributed by atoms with Crippen molar-refractivity contribution in [3.8, 4) is 0 Å².